The van der Waals surface area contributed by atoms with Gasteiger partial charge in [-0.2, -0.15) is 0 Å². The van der Waals surface area contributed by atoms with Crippen LogP contribution in [0.25, 0.3) is 0 Å². The van der Waals surface area contributed by atoms with Gasteiger partial charge in [-0.3, -0.25) is 4.79 Å². The molecule has 1 aliphatic carbocycles. The van der Waals surface area contributed by atoms with Crippen molar-refractivity contribution in [1.82, 2.24) is 0 Å². The van der Waals surface area contributed by atoms with Crippen LogP contribution in [0.4, 0.5) is 0 Å². The van der Waals surface area contributed by atoms with Crippen LogP contribution in [0.1, 0.15) is 65.2 Å². The molecule has 0 saturated heterocycles. The van der Waals surface area contributed by atoms with Gasteiger partial charge in [-0.15, -0.1) is 0 Å². The van der Waals surface area contributed by atoms with E-state index in [1.165, 1.54) is 38.5 Å². The predicted molar refractivity (Wildman–Crippen MR) is 60.3 cm³/mol. The van der Waals surface area contributed by atoms with Crippen molar-refractivity contribution in [2.24, 2.45) is 11.8 Å². The van der Waals surface area contributed by atoms with Crippen LogP contribution >= 0.6 is 0 Å². The van der Waals surface area contributed by atoms with Crippen molar-refractivity contribution in [3.63, 3.8) is 0 Å². The zero-order chi connectivity index (χ0) is 10.4. The number of rotatable bonds is 5. The lowest BCUT2D eigenvalue weighted by atomic mass is 9.78. The monoisotopic (exact) mass is 196 g/mol. The number of carbonyl (C=O) groups excluding carboxylic acids is 1. The highest BCUT2D eigenvalue weighted by molar-refractivity contribution is 5.78. The third-order valence-corrected chi connectivity index (χ3v) is 3.57. The second-order valence-electron chi connectivity index (χ2n) is 4.77. The average Bonchev–Trinajstić information content (AvgIpc) is 2.21. The van der Waals surface area contributed by atoms with Gasteiger partial charge in [0.05, 0.1) is 0 Å². The first-order valence-electron chi connectivity index (χ1n) is 6.27. The third-order valence-electron chi connectivity index (χ3n) is 3.57. The summed E-state index contributed by atoms with van der Waals surface area (Å²) in [7, 11) is 0. The molecule has 0 aromatic rings. The van der Waals surface area contributed by atoms with Crippen molar-refractivity contribution in [3.05, 3.63) is 0 Å². The van der Waals surface area contributed by atoms with E-state index in [0.29, 0.717) is 5.78 Å². The Morgan fingerprint density at radius 2 is 1.64 bits per heavy atom. The summed E-state index contributed by atoms with van der Waals surface area (Å²) in [4.78, 5) is 11.3. The van der Waals surface area contributed by atoms with Gasteiger partial charge in [0.1, 0.15) is 5.78 Å². The molecule has 0 heterocycles. The number of carbonyl (C=O) groups is 1. The molecule has 82 valence electrons. The summed E-state index contributed by atoms with van der Waals surface area (Å²) in [6.45, 7) is 4.25. The first kappa shape index (κ1) is 11.7. The fourth-order valence-electron chi connectivity index (χ4n) is 2.60. The molecule has 14 heavy (non-hydrogen) atoms. The molecule has 1 saturated carbocycles. The standard InChI is InChI=1S/C13H24O/c1-3-5-11-6-8-12(9-7-11)10-13(14)4-2/h11-12H,3-10H2,1-2H3. The Bertz CT molecular complexity index is 166. The molecule has 0 atom stereocenters. The Balaban J connectivity index is 2.18. The molecule has 0 aromatic carbocycles. The molecule has 1 rings (SSSR count). The van der Waals surface area contributed by atoms with Crippen molar-refractivity contribution in [2.45, 2.75) is 65.2 Å². The third kappa shape index (κ3) is 3.81. The van der Waals surface area contributed by atoms with E-state index < -0.39 is 0 Å². The molecule has 1 fully saturated rings. The molecule has 0 aliphatic heterocycles. The van der Waals surface area contributed by atoms with Gasteiger partial charge in [-0.25, -0.2) is 0 Å². The predicted octanol–water partition coefficient (Wildman–Crippen LogP) is 3.96. The van der Waals surface area contributed by atoms with Crippen molar-refractivity contribution in [1.29, 1.82) is 0 Å². The molecule has 0 spiro atoms. The first-order valence-corrected chi connectivity index (χ1v) is 6.27. The van der Waals surface area contributed by atoms with Crippen LogP contribution in [0.2, 0.25) is 0 Å². The van der Waals surface area contributed by atoms with Crippen LogP contribution in [0.5, 0.6) is 0 Å². The van der Waals surface area contributed by atoms with Gasteiger partial charge < -0.3 is 0 Å². The number of Topliss-reactive ketones (excluding diaryl/α,β-unsaturated/α-hetero) is 1. The van der Waals surface area contributed by atoms with Crippen LogP contribution in [0, 0.1) is 11.8 Å². The lowest BCUT2D eigenvalue weighted by molar-refractivity contribution is -0.119. The second-order valence-corrected chi connectivity index (χ2v) is 4.77. The van der Waals surface area contributed by atoms with Gasteiger partial charge in [0.2, 0.25) is 0 Å². The maximum absolute atomic E-state index is 11.3. The van der Waals surface area contributed by atoms with Crippen LogP contribution < -0.4 is 0 Å². The van der Waals surface area contributed by atoms with Gasteiger partial charge in [-0.05, 0) is 24.7 Å². The molecule has 0 N–H and O–H groups in total. The van der Waals surface area contributed by atoms with Gasteiger partial charge in [0, 0.05) is 12.8 Å². The first-order chi connectivity index (χ1) is 6.76. The minimum Gasteiger partial charge on any atom is -0.300 e. The highest BCUT2D eigenvalue weighted by Gasteiger charge is 2.21. The van der Waals surface area contributed by atoms with Crippen LogP contribution in [0.15, 0.2) is 0 Å². The summed E-state index contributed by atoms with van der Waals surface area (Å²) in [5, 5.41) is 0. The Labute approximate surface area is 88.3 Å². The Morgan fingerprint density at radius 3 is 2.14 bits per heavy atom. The summed E-state index contributed by atoms with van der Waals surface area (Å²) in [5.74, 6) is 2.15. The summed E-state index contributed by atoms with van der Waals surface area (Å²) in [6.07, 6.45) is 9.65. The summed E-state index contributed by atoms with van der Waals surface area (Å²) >= 11 is 0. The Morgan fingerprint density at radius 1 is 1.07 bits per heavy atom. The smallest absolute Gasteiger partial charge is 0.132 e. The number of hydrogen-bond acceptors (Lipinski definition) is 1. The van der Waals surface area contributed by atoms with Crippen molar-refractivity contribution in [3.8, 4) is 0 Å². The van der Waals surface area contributed by atoms with Crippen molar-refractivity contribution >= 4 is 5.78 Å². The van der Waals surface area contributed by atoms with Crippen LogP contribution in [0.3, 0.4) is 0 Å². The molecular formula is C13H24O. The van der Waals surface area contributed by atoms with Crippen LogP contribution in [-0.2, 0) is 4.79 Å². The van der Waals surface area contributed by atoms with Gasteiger partial charge in [0.25, 0.3) is 0 Å². The van der Waals surface area contributed by atoms with E-state index in [0.717, 1.165) is 24.7 Å². The summed E-state index contributed by atoms with van der Waals surface area (Å²) in [6, 6.07) is 0. The molecule has 1 nitrogen and oxygen atoms in total. The average molecular weight is 196 g/mol. The molecule has 0 radical (unpaired) electrons. The van der Waals surface area contributed by atoms with Gasteiger partial charge in [0.15, 0.2) is 0 Å². The number of hydrogen-bond donors (Lipinski definition) is 0. The van der Waals surface area contributed by atoms with Crippen LogP contribution in [-0.4, -0.2) is 5.78 Å². The Kier molecular flexibility index (Phi) is 5.21. The van der Waals surface area contributed by atoms with Crippen molar-refractivity contribution < 1.29 is 4.79 Å². The van der Waals surface area contributed by atoms with Gasteiger partial charge in [-0.1, -0.05) is 39.5 Å². The number of ketones is 1. The molecular weight excluding hydrogens is 172 g/mol. The summed E-state index contributed by atoms with van der Waals surface area (Å²) in [5.41, 5.74) is 0. The van der Waals surface area contributed by atoms with E-state index >= 15 is 0 Å². The molecule has 0 bridgehead atoms. The zero-order valence-electron chi connectivity index (χ0n) is 9.72. The van der Waals surface area contributed by atoms with E-state index in [-0.39, 0.29) is 0 Å². The molecule has 0 aromatic heterocycles. The van der Waals surface area contributed by atoms with Gasteiger partial charge >= 0.3 is 0 Å². The second kappa shape index (κ2) is 6.21. The van der Waals surface area contributed by atoms with E-state index in [9.17, 15) is 4.79 Å². The molecule has 0 unspecified atom stereocenters. The Hall–Kier alpha value is -0.330. The topological polar surface area (TPSA) is 17.1 Å². The van der Waals surface area contributed by atoms with E-state index in [1.807, 2.05) is 6.92 Å². The van der Waals surface area contributed by atoms with Crippen molar-refractivity contribution in [2.75, 3.05) is 0 Å². The van der Waals surface area contributed by atoms with E-state index in [4.69, 9.17) is 0 Å². The SMILES string of the molecule is CCCC1CCC(CC(=O)CC)CC1. The quantitative estimate of drug-likeness (QED) is 0.650. The lowest BCUT2D eigenvalue weighted by Crippen LogP contribution is -2.17. The highest BCUT2D eigenvalue weighted by Crippen LogP contribution is 2.33. The highest BCUT2D eigenvalue weighted by atomic mass is 16.1. The fourth-order valence-corrected chi connectivity index (χ4v) is 2.60. The van der Waals surface area contributed by atoms with E-state index in [2.05, 4.69) is 6.92 Å². The largest absolute Gasteiger partial charge is 0.300 e. The minimum atomic E-state index is 0.462. The normalized spacial score (nSPS) is 27.6. The lowest BCUT2D eigenvalue weighted by Gasteiger charge is -2.27. The maximum atomic E-state index is 11.3. The zero-order valence-corrected chi connectivity index (χ0v) is 9.72. The minimum absolute atomic E-state index is 0.462. The summed E-state index contributed by atoms with van der Waals surface area (Å²) < 4.78 is 0. The molecule has 1 heteroatoms. The molecule has 0 amide bonds. The van der Waals surface area contributed by atoms with E-state index in [1.54, 1.807) is 0 Å². The maximum Gasteiger partial charge on any atom is 0.132 e. The fraction of sp³-hybridized carbons (Fsp3) is 0.923. The molecule has 1 aliphatic rings.